The van der Waals surface area contributed by atoms with Crippen molar-refractivity contribution in [3.63, 3.8) is 0 Å². The van der Waals surface area contributed by atoms with E-state index in [4.69, 9.17) is 11.6 Å². The quantitative estimate of drug-likeness (QED) is 0.240. The molecule has 0 amide bonds. The second-order valence-corrected chi connectivity index (χ2v) is 17.0. The second-order valence-electron chi connectivity index (χ2n) is 13.6. The van der Waals surface area contributed by atoms with Crippen LogP contribution >= 0.6 is 11.6 Å². The van der Waals surface area contributed by atoms with E-state index in [0.717, 1.165) is 64.1 Å². The van der Waals surface area contributed by atoms with E-state index in [1.807, 2.05) is 30.3 Å². The number of benzene rings is 2. The molecule has 2 aromatic carbocycles. The van der Waals surface area contributed by atoms with Gasteiger partial charge in [0.05, 0.1) is 20.2 Å². The van der Waals surface area contributed by atoms with E-state index in [-0.39, 0.29) is 75.1 Å². The van der Waals surface area contributed by atoms with Crippen LogP contribution in [-0.4, -0.2) is 44.0 Å². The van der Waals surface area contributed by atoms with Crippen molar-refractivity contribution in [2.75, 3.05) is 23.0 Å². The average Bonchev–Trinajstić information content (AvgIpc) is 3.33. The number of allylic oxidation sites excluding steroid dienone is 10. The van der Waals surface area contributed by atoms with E-state index >= 15 is 0 Å². The Labute approximate surface area is 333 Å². The Bertz CT molecular complexity index is 1940. The van der Waals surface area contributed by atoms with Gasteiger partial charge in [-0.1, -0.05) is 100.0 Å². The minimum absolute atomic E-state index is 0. The van der Waals surface area contributed by atoms with Crippen molar-refractivity contribution in [3.05, 3.63) is 117 Å². The van der Waals surface area contributed by atoms with Gasteiger partial charge in [0.1, 0.15) is 0 Å². The molecule has 0 saturated carbocycles. The summed E-state index contributed by atoms with van der Waals surface area (Å²) in [5, 5.41) is 0.703. The fourth-order valence-electron chi connectivity index (χ4n) is 7.32. The molecule has 0 atom stereocenters. The topological polar surface area (TPSA) is 118 Å². The zero-order chi connectivity index (χ0) is 34.2. The fraction of sp³-hybridized carbons (Fsp3) is 0.405. The normalized spacial score (nSPS) is 20.5. The molecule has 1 aliphatic heterocycles. The molecule has 5 rings (SSSR count). The summed E-state index contributed by atoms with van der Waals surface area (Å²) < 4.78 is 68.0. The van der Waals surface area contributed by atoms with Crippen molar-refractivity contribution in [1.29, 1.82) is 0 Å². The third kappa shape index (κ3) is 8.76. The van der Waals surface area contributed by atoms with Gasteiger partial charge in [0.15, 0.2) is 0 Å². The van der Waals surface area contributed by atoms with Crippen molar-refractivity contribution >= 4 is 43.1 Å². The summed E-state index contributed by atoms with van der Waals surface area (Å²) >= 11 is 7.08. The van der Waals surface area contributed by atoms with Gasteiger partial charge in [-0.05, 0) is 89.7 Å². The summed E-state index contributed by atoms with van der Waals surface area (Å²) in [5.41, 5.74) is 8.99. The molecule has 0 saturated heterocycles. The predicted octanol–water partition coefficient (Wildman–Crippen LogP) is 4.84. The number of fused-ring (bicyclic) bond motifs is 2. The number of halogens is 1. The molecule has 0 spiro atoms. The summed E-state index contributed by atoms with van der Waals surface area (Å²) in [6.45, 7) is 9.02. The number of rotatable bonds is 11. The Kier molecular flexibility index (Phi) is 12.8. The van der Waals surface area contributed by atoms with Gasteiger partial charge in [-0.25, -0.2) is 16.8 Å². The third-order valence-corrected chi connectivity index (χ3v) is 11.7. The van der Waals surface area contributed by atoms with Crippen molar-refractivity contribution in [3.8, 4) is 0 Å². The Morgan fingerprint density at radius 2 is 1.44 bits per heavy atom. The van der Waals surface area contributed by atoms with Crippen molar-refractivity contribution in [2.24, 2.45) is 0 Å². The molecular formula is C37H42ClKNO6S2-. The van der Waals surface area contributed by atoms with Crippen LogP contribution in [0.1, 0.15) is 82.9 Å². The van der Waals surface area contributed by atoms with Crippen molar-refractivity contribution in [1.82, 2.24) is 0 Å². The number of hydrogen-bond donors (Lipinski definition) is 0. The molecule has 48 heavy (non-hydrogen) atoms. The molecule has 3 aliphatic rings. The van der Waals surface area contributed by atoms with Crippen molar-refractivity contribution in [2.45, 2.75) is 77.0 Å². The molecule has 0 radical (unpaired) electrons. The molecule has 0 fully saturated rings. The van der Waals surface area contributed by atoms with Gasteiger partial charge in [-0.15, -0.1) is 0 Å². The van der Waals surface area contributed by atoms with Crippen LogP contribution in [0.4, 0.5) is 5.69 Å². The Balaban J connectivity index is 0.00000520. The number of anilines is 1. The molecule has 0 unspecified atom stereocenters. The largest absolute Gasteiger partial charge is 1.00 e. The fourth-order valence-corrected chi connectivity index (χ4v) is 8.61. The molecule has 0 bridgehead atoms. The van der Waals surface area contributed by atoms with Crippen LogP contribution in [-0.2, 0) is 31.1 Å². The van der Waals surface area contributed by atoms with E-state index in [1.165, 1.54) is 5.56 Å². The van der Waals surface area contributed by atoms with Gasteiger partial charge in [-0.2, -0.15) is 0 Å². The molecule has 252 valence electrons. The van der Waals surface area contributed by atoms with Gasteiger partial charge < -0.3 is 14.0 Å². The standard InChI is InChI=1S/C37H44ClNO6S2.K/c1-36(2)30-16-6-5-14-28(30)29(15-10-24-46(40,41)42)31(36)21-19-26-12-9-13-27(35(26)38)20-22-34-37(3,4)32-17-7-8-18-33(32)39(34)23-11-25-47(43,44)45;/h5-8,14,16-22H,9-13,15,23-25H2,1-4H3,(H,40,41,42)(H,43,44,45);/q;+1/p-2/b21-19+,27-20+,34-22+;. The molecule has 0 aromatic heterocycles. The van der Waals surface area contributed by atoms with E-state index in [2.05, 4.69) is 75.1 Å². The molecular weight excluding hydrogens is 693 g/mol. The van der Waals surface area contributed by atoms with E-state index in [1.54, 1.807) is 0 Å². The first-order valence-electron chi connectivity index (χ1n) is 16.1. The molecule has 2 aromatic rings. The van der Waals surface area contributed by atoms with Crippen LogP contribution in [0.5, 0.6) is 0 Å². The Morgan fingerprint density at radius 3 is 2.12 bits per heavy atom. The average molecular weight is 735 g/mol. The van der Waals surface area contributed by atoms with E-state index in [9.17, 15) is 25.9 Å². The number of para-hydroxylation sites is 1. The summed E-state index contributed by atoms with van der Waals surface area (Å²) in [7, 11) is -8.61. The number of nitrogens with zero attached hydrogens (tertiary/aromatic N) is 1. The van der Waals surface area contributed by atoms with Crippen LogP contribution in [0.2, 0.25) is 0 Å². The maximum Gasteiger partial charge on any atom is 1.00 e. The zero-order valence-corrected chi connectivity index (χ0v) is 33.9. The Morgan fingerprint density at radius 1 is 0.812 bits per heavy atom. The summed E-state index contributed by atoms with van der Waals surface area (Å²) in [6, 6.07) is 16.2. The molecule has 0 N–H and O–H groups in total. The summed E-state index contributed by atoms with van der Waals surface area (Å²) in [4.78, 5) is 2.12. The second kappa shape index (κ2) is 15.5. The minimum atomic E-state index is -4.31. The van der Waals surface area contributed by atoms with Gasteiger partial charge in [0.25, 0.3) is 0 Å². The van der Waals surface area contributed by atoms with Crippen LogP contribution in [0.25, 0.3) is 5.57 Å². The molecule has 1 heterocycles. The monoisotopic (exact) mass is 734 g/mol. The summed E-state index contributed by atoms with van der Waals surface area (Å²) in [6.07, 6.45) is 11.9. The first-order chi connectivity index (χ1) is 22.0. The first-order valence-corrected chi connectivity index (χ1v) is 19.6. The smallest absolute Gasteiger partial charge is 0.748 e. The molecule has 2 aliphatic carbocycles. The maximum atomic E-state index is 11.3. The van der Waals surface area contributed by atoms with Gasteiger partial charge in [0, 0.05) is 45.3 Å². The third-order valence-electron chi connectivity index (χ3n) is 9.67. The molecule has 7 nitrogen and oxygen atoms in total. The SMILES string of the molecule is CC1(C)C(/C=C/C2=C(Cl)C(=C/C=C3/N(CCCS(=O)(=O)[O-])c4ccccc4C3(C)C)/CCC2)=C(CCCS(=O)(=O)[O-])c2ccccc21.[K+]. The maximum absolute atomic E-state index is 11.3. The Hall–Kier alpha value is -1.31. The van der Waals surface area contributed by atoms with Crippen molar-refractivity contribution < 1.29 is 77.3 Å². The predicted molar refractivity (Wildman–Crippen MR) is 188 cm³/mol. The summed E-state index contributed by atoms with van der Waals surface area (Å²) in [5.74, 6) is -0.809. The van der Waals surface area contributed by atoms with Crippen LogP contribution in [0, 0.1) is 0 Å². The van der Waals surface area contributed by atoms with Crippen LogP contribution < -0.4 is 56.3 Å². The number of hydrogen-bond acceptors (Lipinski definition) is 7. The van der Waals surface area contributed by atoms with Gasteiger partial charge in [-0.3, -0.25) is 0 Å². The van der Waals surface area contributed by atoms with E-state index in [0.29, 0.717) is 18.0 Å². The minimum Gasteiger partial charge on any atom is -0.748 e. The van der Waals surface area contributed by atoms with Gasteiger partial charge >= 0.3 is 51.4 Å². The molecule has 11 heteroatoms. The van der Waals surface area contributed by atoms with Crippen LogP contribution in [0.15, 0.2) is 100 Å². The first kappa shape index (κ1) is 39.5. The van der Waals surface area contributed by atoms with Gasteiger partial charge in [0.2, 0.25) is 0 Å². The van der Waals surface area contributed by atoms with Crippen LogP contribution in [0.3, 0.4) is 0 Å². The van der Waals surface area contributed by atoms with E-state index < -0.39 is 31.7 Å². The zero-order valence-electron chi connectivity index (χ0n) is 28.4.